The number of carbonyl (C=O) groups excluding carboxylic acids is 1. The first-order valence-corrected chi connectivity index (χ1v) is 7.68. The Kier molecular flexibility index (Phi) is 2.80. The monoisotopic (exact) mass is 311 g/mol. The van der Waals surface area contributed by atoms with Gasteiger partial charge in [0.05, 0.1) is 17.0 Å². The Balaban J connectivity index is 1.97. The molecule has 2 aromatic heterocycles. The van der Waals surface area contributed by atoms with Gasteiger partial charge in [-0.25, -0.2) is 0 Å². The fraction of sp³-hybridized carbons (Fsp3) is 0.125. The number of carbonyl (C=O) groups is 1. The molecule has 1 aliphatic rings. The summed E-state index contributed by atoms with van der Waals surface area (Å²) in [6.07, 6.45) is 4.38. The molecule has 22 heavy (non-hydrogen) atoms. The number of nitrogen functional groups attached to an aromatic ring is 1. The van der Waals surface area contributed by atoms with Crippen LogP contribution < -0.4 is 16.2 Å². The number of pyridine rings is 1. The Morgan fingerprint density at radius 2 is 2.18 bits per heavy atom. The van der Waals surface area contributed by atoms with Gasteiger partial charge in [-0.2, -0.15) is 0 Å². The summed E-state index contributed by atoms with van der Waals surface area (Å²) in [5, 5.41) is 0.840. The van der Waals surface area contributed by atoms with E-state index in [1.54, 1.807) is 12.4 Å². The molecule has 110 valence electrons. The zero-order chi connectivity index (χ0) is 15.3. The molecule has 0 spiro atoms. The quantitative estimate of drug-likeness (QED) is 0.761. The van der Waals surface area contributed by atoms with Gasteiger partial charge in [0.25, 0.3) is 5.91 Å². The number of primary amides is 1. The highest BCUT2D eigenvalue weighted by molar-refractivity contribution is 7.21. The Morgan fingerprint density at radius 3 is 3.00 bits per heavy atom. The van der Waals surface area contributed by atoms with Crippen LogP contribution in [0.2, 0.25) is 0 Å². The van der Waals surface area contributed by atoms with Crippen molar-refractivity contribution in [1.29, 1.82) is 0 Å². The minimum absolute atomic E-state index is 0.383. The fourth-order valence-corrected chi connectivity index (χ4v) is 3.80. The van der Waals surface area contributed by atoms with E-state index >= 15 is 0 Å². The Labute approximate surface area is 130 Å². The molecule has 0 aliphatic carbocycles. The second kappa shape index (κ2) is 4.71. The molecule has 0 saturated heterocycles. The van der Waals surface area contributed by atoms with Crippen LogP contribution in [0.25, 0.3) is 21.2 Å². The van der Waals surface area contributed by atoms with Gasteiger partial charge >= 0.3 is 0 Å². The van der Waals surface area contributed by atoms with E-state index in [9.17, 15) is 4.79 Å². The molecule has 1 aliphatic heterocycles. The first-order valence-electron chi connectivity index (χ1n) is 6.87. The Morgan fingerprint density at radius 1 is 1.32 bits per heavy atom. The van der Waals surface area contributed by atoms with Crippen molar-refractivity contribution >= 4 is 33.0 Å². The van der Waals surface area contributed by atoms with Gasteiger partial charge in [-0.15, -0.1) is 11.3 Å². The molecule has 0 saturated carbocycles. The number of hydrogen-bond acceptors (Lipinski definition) is 5. The molecule has 1 aromatic carbocycles. The standard InChI is InChI=1S/C16H13N3O2S/c17-14-13-10(6-19-7-12(13)22-15(14)16(18)20)8-1-2-11-9(5-8)3-4-21-11/h1-2,5-7H,3-4,17H2,(H2,18,20). The smallest absolute Gasteiger partial charge is 0.260 e. The van der Waals surface area contributed by atoms with Crippen LogP contribution in [0.1, 0.15) is 15.2 Å². The minimum atomic E-state index is -0.507. The van der Waals surface area contributed by atoms with Crippen molar-refractivity contribution in [3.05, 3.63) is 41.0 Å². The number of amides is 1. The number of nitrogens with two attached hydrogens (primary N) is 2. The zero-order valence-electron chi connectivity index (χ0n) is 11.6. The van der Waals surface area contributed by atoms with Gasteiger partial charge < -0.3 is 16.2 Å². The fourth-order valence-electron chi connectivity index (χ4n) is 2.83. The molecule has 0 atom stereocenters. The van der Waals surface area contributed by atoms with Crippen LogP contribution in [0.3, 0.4) is 0 Å². The SMILES string of the molecule is NC(=O)c1sc2cncc(-c3ccc4c(c3)CCO4)c2c1N. The summed E-state index contributed by atoms with van der Waals surface area (Å²) in [6.45, 7) is 0.716. The lowest BCUT2D eigenvalue weighted by molar-refractivity contribution is 0.100. The lowest BCUT2D eigenvalue weighted by Crippen LogP contribution is -2.10. The number of fused-ring (bicyclic) bond motifs is 2. The third-order valence-corrected chi connectivity index (χ3v) is 5.02. The van der Waals surface area contributed by atoms with Crippen molar-refractivity contribution in [3.8, 4) is 16.9 Å². The van der Waals surface area contributed by atoms with E-state index in [1.807, 2.05) is 12.1 Å². The molecule has 4 rings (SSSR count). The molecular weight excluding hydrogens is 298 g/mol. The lowest BCUT2D eigenvalue weighted by atomic mass is 10.00. The molecule has 0 unspecified atom stereocenters. The molecule has 3 aromatic rings. The first-order chi connectivity index (χ1) is 10.6. The molecular formula is C16H13N3O2S. The van der Waals surface area contributed by atoms with Gasteiger partial charge in [-0.1, -0.05) is 6.07 Å². The molecule has 0 radical (unpaired) electrons. The van der Waals surface area contributed by atoms with Gasteiger partial charge in [0.15, 0.2) is 0 Å². The predicted molar refractivity (Wildman–Crippen MR) is 87.2 cm³/mol. The molecule has 0 bridgehead atoms. The van der Waals surface area contributed by atoms with Gasteiger partial charge in [0.2, 0.25) is 0 Å². The largest absolute Gasteiger partial charge is 0.493 e. The summed E-state index contributed by atoms with van der Waals surface area (Å²) in [4.78, 5) is 16.2. The second-order valence-corrected chi connectivity index (χ2v) is 6.24. The van der Waals surface area contributed by atoms with Crippen LogP contribution in [0.4, 0.5) is 5.69 Å². The Bertz CT molecular complexity index is 917. The van der Waals surface area contributed by atoms with E-state index in [1.165, 1.54) is 16.9 Å². The number of anilines is 1. The molecule has 6 heteroatoms. The minimum Gasteiger partial charge on any atom is -0.493 e. The molecule has 5 nitrogen and oxygen atoms in total. The summed E-state index contributed by atoms with van der Waals surface area (Å²) in [5.74, 6) is 0.423. The molecule has 0 fully saturated rings. The van der Waals surface area contributed by atoms with Gasteiger partial charge in [-0.05, 0) is 23.3 Å². The number of rotatable bonds is 2. The van der Waals surface area contributed by atoms with Crippen LogP contribution >= 0.6 is 11.3 Å². The van der Waals surface area contributed by atoms with E-state index in [-0.39, 0.29) is 0 Å². The van der Waals surface area contributed by atoms with Crippen LogP contribution in [-0.4, -0.2) is 17.5 Å². The van der Waals surface area contributed by atoms with E-state index in [2.05, 4.69) is 11.1 Å². The number of hydrogen-bond donors (Lipinski definition) is 2. The highest BCUT2D eigenvalue weighted by Gasteiger charge is 2.19. The van der Waals surface area contributed by atoms with Crippen molar-refractivity contribution in [2.75, 3.05) is 12.3 Å². The van der Waals surface area contributed by atoms with Crippen molar-refractivity contribution < 1.29 is 9.53 Å². The average molecular weight is 311 g/mol. The van der Waals surface area contributed by atoms with Gasteiger partial charge in [0.1, 0.15) is 10.6 Å². The highest BCUT2D eigenvalue weighted by atomic mass is 32.1. The first kappa shape index (κ1) is 13.1. The summed E-state index contributed by atoms with van der Waals surface area (Å²) in [5.41, 5.74) is 15.1. The number of aromatic nitrogens is 1. The van der Waals surface area contributed by atoms with Crippen LogP contribution in [0.15, 0.2) is 30.6 Å². The molecule has 1 amide bonds. The predicted octanol–water partition coefficient (Wildman–Crippen LogP) is 2.58. The maximum Gasteiger partial charge on any atom is 0.260 e. The number of thiophene rings is 1. The average Bonchev–Trinajstić information content (AvgIpc) is 3.11. The van der Waals surface area contributed by atoms with E-state index in [0.717, 1.165) is 33.4 Å². The number of nitrogens with zero attached hydrogens (tertiary/aromatic N) is 1. The second-order valence-electron chi connectivity index (χ2n) is 5.19. The van der Waals surface area contributed by atoms with Crippen LogP contribution in [-0.2, 0) is 6.42 Å². The zero-order valence-corrected chi connectivity index (χ0v) is 12.4. The third-order valence-electron chi connectivity index (χ3n) is 3.86. The topological polar surface area (TPSA) is 91.2 Å². The summed E-state index contributed by atoms with van der Waals surface area (Å²) in [6, 6.07) is 6.05. The van der Waals surface area contributed by atoms with E-state index in [0.29, 0.717) is 17.2 Å². The maximum atomic E-state index is 11.5. The molecule has 3 heterocycles. The van der Waals surface area contributed by atoms with Crippen molar-refractivity contribution in [3.63, 3.8) is 0 Å². The van der Waals surface area contributed by atoms with E-state index in [4.69, 9.17) is 16.2 Å². The van der Waals surface area contributed by atoms with Crippen LogP contribution in [0.5, 0.6) is 5.75 Å². The van der Waals surface area contributed by atoms with Gasteiger partial charge in [-0.3, -0.25) is 9.78 Å². The summed E-state index contributed by atoms with van der Waals surface area (Å²) in [7, 11) is 0. The number of ether oxygens (including phenoxy) is 1. The normalized spacial score (nSPS) is 13.1. The molecule has 4 N–H and O–H groups in total. The van der Waals surface area contributed by atoms with E-state index < -0.39 is 5.91 Å². The Hall–Kier alpha value is -2.60. The number of benzene rings is 1. The van der Waals surface area contributed by atoms with Crippen molar-refractivity contribution in [1.82, 2.24) is 4.98 Å². The lowest BCUT2D eigenvalue weighted by Gasteiger charge is -2.06. The summed E-state index contributed by atoms with van der Waals surface area (Å²) < 4.78 is 6.40. The van der Waals surface area contributed by atoms with Crippen LogP contribution in [0, 0.1) is 0 Å². The highest BCUT2D eigenvalue weighted by Crippen LogP contribution is 2.40. The van der Waals surface area contributed by atoms with Crippen molar-refractivity contribution in [2.45, 2.75) is 6.42 Å². The van der Waals surface area contributed by atoms with Crippen molar-refractivity contribution in [2.24, 2.45) is 5.73 Å². The third kappa shape index (κ3) is 1.84. The van der Waals surface area contributed by atoms with Gasteiger partial charge in [0, 0.05) is 29.8 Å². The maximum absolute atomic E-state index is 11.5. The summed E-state index contributed by atoms with van der Waals surface area (Å²) >= 11 is 1.28.